The van der Waals surface area contributed by atoms with Gasteiger partial charge in [0.15, 0.2) is 0 Å². The second kappa shape index (κ2) is 7.51. The Balaban J connectivity index is 0.000000188. The van der Waals surface area contributed by atoms with Gasteiger partial charge in [0.05, 0.1) is 4.47 Å². The molecular formula is C16H14BrFN4. The van der Waals surface area contributed by atoms with Crippen molar-refractivity contribution >= 4 is 27.6 Å². The van der Waals surface area contributed by atoms with Gasteiger partial charge in [-0.25, -0.2) is 14.4 Å². The van der Waals surface area contributed by atoms with Gasteiger partial charge in [0.25, 0.3) is 0 Å². The van der Waals surface area contributed by atoms with Gasteiger partial charge in [-0.05, 0) is 57.9 Å². The van der Waals surface area contributed by atoms with Crippen LogP contribution in [-0.2, 0) is 0 Å². The number of halogens is 2. The van der Waals surface area contributed by atoms with Crippen molar-refractivity contribution in [2.75, 3.05) is 11.5 Å². The van der Waals surface area contributed by atoms with Crippen LogP contribution in [0.1, 0.15) is 0 Å². The Morgan fingerprint density at radius 3 is 1.91 bits per heavy atom. The lowest BCUT2D eigenvalue weighted by Crippen LogP contribution is -1.92. The van der Waals surface area contributed by atoms with E-state index in [1.807, 2.05) is 18.2 Å². The molecule has 0 unspecified atom stereocenters. The van der Waals surface area contributed by atoms with Crippen LogP contribution in [0.2, 0.25) is 0 Å². The maximum absolute atomic E-state index is 12.7. The van der Waals surface area contributed by atoms with Crippen LogP contribution in [0.4, 0.5) is 16.0 Å². The van der Waals surface area contributed by atoms with Crippen molar-refractivity contribution in [3.05, 3.63) is 71.2 Å². The van der Waals surface area contributed by atoms with Crippen molar-refractivity contribution in [2.24, 2.45) is 0 Å². The number of nitrogen functional groups attached to an aromatic ring is 2. The van der Waals surface area contributed by atoms with Crippen LogP contribution in [0.15, 0.2) is 65.4 Å². The molecule has 2 heterocycles. The molecular weight excluding hydrogens is 347 g/mol. The van der Waals surface area contributed by atoms with E-state index in [1.165, 1.54) is 12.1 Å². The summed E-state index contributed by atoms with van der Waals surface area (Å²) in [5, 5.41) is 0. The number of benzene rings is 1. The van der Waals surface area contributed by atoms with E-state index in [2.05, 4.69) is 25.9 Å². The van der Waals surface area contributed by atoms with E-state index < -0.39 is 0 Å². The van der Waals surface area contributed by atoms with Crippen LogP contribution in [0.25, 0.3) is 11.1 Å². The van der Waals surface area contributed by atoms with Gasteiger partial charge >= 0.3 is 0 Å². The molecule has 0 saturated heterocycles. The predicted molar refractivity (Wildman–Crippen MR) is 90.4 cm³/mol. The number of nitrogens with two attached hydrogens (primary N) is 2. The first kappa shape index (κ1) is 15.9. The second-order valence-electron chi connectivity index (χ2n) is 4.31. The highest BCUT2D eigenvalue weighted by Crippen LogP contribution is 2.23. The van der Waals surface area contributed by atoms with Crippen LogP contribution in [0, 0.1) is 5.82 Å². The van der Waals surface area contributed by atoms with Crippen LogP contribution in [-0.4, -0.2) is 9.97 Å². The number of nitrogens with zero attached hydrogens (tertiary/aromatic N) is 2. The summed E-state index contributed by atoms with van der Waals surface area (Å²) in [6.45, 7) is 0. The molecule has 6 heteroatoms. The minimum atomic E-state index is -0.254. The average molecular weight is 361 g/mol. The molecule has 0 bridgehead atoms. The Hall–Kier alpha value is -2.47. The van der Waals surface area contributed by atoms with Crippen molar-refractivity contribution in [2.45, 2.75) is 0 Å². The van der Waals surface area contributed by atoms with E-state index in [0.717, 1.165) is 15.6 Å². The van der Waals surface area contributed by atoms with E-state index in [9.17, 15) is 4.39 Å². The third kappa shape index (κ3) is 4.26. The first-order chi connectivity index (χ1) is 10.6. The number of anilines is 2. The van der Waals surface area contributed by atoms with E-state index in [-0.39, 0.29) is 5.82 Å². The molecule has 0 radical (unpaired) electrons. The Morgan fingerprint density at radius 1 is 0.818 bits per heavy atom. The number of rotatable bonds is 1. The molecule has 0 amide bonds. The van der Waals surface area contributed by atoms with E-state index in [4.69, 9.17) is 11.5 Å². The summed E-state index contributed by atoms with van der Waals surface area (Å²) < 4.78 is 13.5. The summed E-state index contributed by atoms with van der Waals surface area (Å²) in [7, 11) is 0. The fraction of sp³-hybridized carbons (Fsp3) is 0. The first-order valence-electron chi connectivity index (χ1n) is 6.40. The minimum Gasteiger partial charge on any atom is -0.383 e. The average Bonchev–Trinajstić information content (AvgIpc) is 2.52. The zero-order valence-electron chi connectivity index (χ0n) is 11.6. The zero-order chi connectivity index (χ0) is 15.9. The van der Waals surface area contributed by atoms with Crippen molar-refractivity contribution < 1.29 is 4.39 Å². The zero-order valence-corrected chi connectivity index (χ0v) is 13.2. The molecule has 0 fully saturated rings. The van der Waals surface area contributed by atoms with Crippen molar-refractivity contribution in [3.63, 3.8) is 0 Å². The summed E-state index contributed by atoms with van der Waals surface area (Å²) in [5.41, 5.74) is 12.7. The molecule has 0 aliphatic carbocycles. The Morgan fingerprint density at radius 2 is 1.41 bits per heavy atom. The number of pyridine rings is 2. The smallest absolute Gasteiger partial charge is 0.137 e. The lowest BCUT2D eigenvalue weighted by Gasteiger charge is -2.03. The van der Waals surface area contributed by atoms with Crippen LogP contribution in [0.3, 0.4) is 0 Å². The Bertz CT molecular complexity index is 726. The van der Waals surface area contributed by atoms with Gasteiger partial charge < -0.3 is 11.5 Å². The van der Waals surface area contributed by atoms with Gasteiger partial charge in [-0.1, -0.05) is 12.1 Å². The normalized spacial score (nSPS) is 9.73. The van der Waals surface area contributed by atoms with Crippen LogP contribution >= 0.6 is 15.9 Å². The van der Waals surface area contributed by atoms with Gasteiger partial charge in [-0.3, -0.25) is 0 Å². The summed E-state index contributed by atoms with van der Waals surface area (Å²) in [4.78, 5) is 7.77. The van der Waals surface area contributed by atoms with Gasteiger partial charge in [0.2, 0.25) is 0 Å². The van der Waals surface area contributed by atoms with E-state index >= 15 is 0 Å². The summed E-state index contributed by atoms with van der Waals surface area (Å²) >= 11 is 3.21. The molecule has 3 rings (SSSR count). The Kier molecular flexibility index (Phi) is 5.43. The fourth-order valence-corrected chi connectivity index (χ4v) is 1.94. The third-order valence-corrected chi connectivity index (χ3v) is 3.45. The maximum Gasteiger partial charge on any atom is 0.137 e. The third-order valence-electron chi connectivity index (χ3n) is 2.78. The molecule has 0 aliphatic rings. The number of hydrogen-bond acceptors (Lipinski definition) is 4. The molecule has 1 aromatic carbocycles. The summed E-state index contributed by atoms with van der Waals surface area (Å²) in [5.74, 6) is 0.739. The second-order valence-corrected chi connectivity index (χ2v) is 5.17. The SMILES string of the molecule is Nc1ncccc1-c1ccc(F)cc1.Nc1ncccc1Br. The standard InChI is InChI=1S/C11H9FN2.C5H5BrN2/c12-9-5-3-8(4-6-9)10-2-1-7-14-11(10)13;6-4-2-1-3-8-5(4)7/h1-7H,(H2,13,14);1-3H,(H2,7,8). The van der Waals surface area contributed by atoms with Crippen molar-refractivity contribution in [1.82, 2.24) is 9.97 Å². The van der Waals surface area contributed by atoms with Crippen molar-refractivity contribution in [3.8, 4) is 11.1 Å². The van der Waals surface area contributed by atoms with Gasteiger partial charge in [-0.2, -0.15) is 0 Å². The molecule has 112 valence electrons. The monoisotopic (exact) mass is 360 g/mol. The van der Waals surface area contributed by atoms with E-state index in [0.29, 0.717) is 11.6 Å². The van der Waals surface area contributed by atoms with Crippen LogP contribution < -0.4 is 11.5 Å². The number of hydrogen-bond donors (Lipinski definition) is 2. The summed E-state index contributed by atoms with van der Waals surface area (Å²) in [6.07, 6.45) is 3.28. The van der Waals surface area contributed by atoms with Gasteiger partial charge in [0.1, 0.15) is 17.5 Å². The molecule has 2 aromatic heterocycles. The molecule has 0 aliphatic heterocycles. The topological polar surface area (TPSA) is 77.8 Å². The minimum absolute atomic E-state index is 0.254. The maximum atomic E-state index is 12.7. The fourth-order valence-electron chi connectivity index (χ4n) is 1.69. The molecule has 0 saturated carbocycles. The van der Waals surface area contributed by atoms with Crippen molar-refractivity contribution in [1.29, 1.82) is 0 Å². The Labute approximate surface area is 136 Å². The van der Waals surface area contributed by atoms with Gasteiger partial charge in [-0.15, -0.1) is 0 Å². The molecule has 0 atom stereocenters. The lowest BCUT2D eigenvalue weighted by atomic mass is 10.1. The largest absolute Gasteiger partial charge is 0.383 e. The quantitative estimate of drug-likeness (QED) is 0.689. The van der Waals surface area contributed by atoms with Crippen LogP contribution in [0.5, 0.6) is 0 Å². The predicted octanol–water partition coefficient (Wildman–Crippen LogP) is 3.90. The number of aromatic nitrogens is 2. The molecule has 4 nitrogen and oxygen atoms in total. The highest BCUT2D eigenvalue weighted by Gasteiger charge is 2.01. The molecule has 3 aromatic rings. The van der Waals surface area contributed by atoms with Gasteiger partial charge in [0, 0.05) is 18.0 Å². The molecule has 4 N–H and O–H groups in total. The highest BCUT2D eigenvalue weighted by molar-refractivity contribution is 9.10. The first-order valence-corrected chi connectivity index (χ1v) is 7.19. The highest BCUT2D eigenvalue weighted by atomic mass is 79.9. The molecule has 22 heavy (non-hydrogen) atoms. The summed E-state index contributed by atoms with van der Waals surface area (Å²) in [6, 6.07) is 13.5. The lowest BCUT2D eigenvalue weighted by molar-refractivity contribution is 0.628. The molecule has 0 spiro atoms. The van der Waals surface area contributed by atoms with E-state index in [1.54, 1.807) is 30.6 Å².